The highest BCUT2D eigenvalue weighted by molar-refractivity contribution is 6.32. The number of carboxylic acid groups (broad SMARTS) is 1. The van der Waals surface area contributed by atoms with Gasteiger partial charge in [0.05, 0.1) is 11.0 Å². The van der Waals surface area contributed by atoms with Crippen molar-refractivity contribution in [3.63, 3.8) is 0 Å². The third kappa shape index (κ3) is 3.12. The Balaban J connectivity index is 1.72. The van der Waals surface area contributed by atoms with Crippen molar-refractivity contribution in [3.8, 4) is 11.7 Å². The zero-order valence-corrected chi connectivity index (χ0v) is 12.5. The summed E-state index contributed by atoms with van der Waals surface area (Å²) in [5.74, 6) is -0.692. The van der Waals surface area contributed by atoms with E-state index in [-0.39, 0.29) is 23.2 Å². The Hall–Kier alpha value is -2.22. The van der Waals surface area contributed by atoms with Crippen molar-refractivity contribution in [2.75, 3.05) is 6.61 Å². The van der Waals surface area contributed by atoms with E-state index in [0.717, 1.165) is 0 Å². The van der Waals surface area contributed by atoms with E-state index in [2.05, 4.69) is 10.1 Å². The predicted octanol–water partition coefficient (Wildman–Crippen LogP) is 3.04. The van der Waals surface area contributed by atoms with Gasteiger partial charge in [-0.25, -0.2) is 23.2 Å². The minimum Gasteiger partial charge on any atom is -0.478 e. The molecule has 9 heteroatoms. The van der Waals surface area contributed by atoms with E-state index in [1.165, 1.54) is 29.1 Å². The van der Waals surface area contributed by atoms with Gasteiger partial charge in [0, 0.05) is 12.3 Å². The first-order valence-corrected chi connectivity index (χ1v) is 7.16. The summed E-state index contributed by atoms with van der Waals surface area (Å²) >= 11 is 5.80. The van der Waals surface area contributed by atoms with E-state index in [1.807, 2.05) is 0 Å². The number of rotatable bonds is 6. The first-order valence-electron chi connectivity index (χ1n) is 6.78. The first-order chi connectivity index (χ1) is 10.9. The van der Waals surface area contributed by atoms with Gasteiger partial charge in [-0.2, -0.15) is 0 Å². The molecule has 0 amide bonds. The molecule has 0 bridgehead atoms. The van der Waals surface area contributed by atoms with Gasteiger partial charge in [0.2, 0.25) is 12.3 Å². The fourth-order valence-electron chi connectivity index (χ4n) is 2.03. The number of aromatic nitrogens is 3. The van der Waals surface area contributed by atoms with Crippen molar-refractivity contribution in [2.24, 2.45) is 5.41 Å². The SMILES string of the molecule is O=C(O)c1ccc(-n2ccc(OCC3(C(F)F)CC3)n2)nc1Cl. The topological polar surface area (TPSA) is 77.2 Å². The van der Waals surface area contributed by atoms with Crippen LogP contribution >= 0.6 is 11.6 Å². The molecular formula is C14H12ClF2N3O3. The van der Waals surface area contributed by atoms with Gasteiger partial charge in [0.15, 0.2) is 5.82 Å². The number of ether oxygens (including phenoxy) is 1. The molecule has 0 aliphatic heterocycles. The number of hydrogen-bond donors (Lipinski definition) is 1. The molecule has 0 aromatic carbocycles. The summed E-state index contributed by atoms with van der Waals surface area (Å²) in [5, 5.41) is 12.8. The maximum atomic E-state index is 12.8. The zero-order valence-electron chi connectivity index (χ0n) is 11.7. The number of carbonyl (C=O) groups is 1. The Morgan fingerprint density at radius 1 is 1.43 bits per heavy atom. The van der Waals surface area contributed by atoms with Crippen LogP contribution in [0.25, 0.3) is 5.82 Å². The third-order valence-electron chi connectivity index (χ3n) is 3.73. The van der Waals surface area contributed by atoms with Crippen molar-refractivity contribution < 1.29 is 23.4 Å². The number of aromatic carboxylic acids is 1. The van der Waals surface area contributed by atoms with Crippen LogP contribution in [-0.2, 0) is 0 Å². The average molecular weight is 344 g/mol. The van der Waals surface area contributed by atoms with E-state index in [9.17, 15) is 13.6 Å². The number of halogens is 3. The van der Waals surface area contributed by atoms with Gasteiger partial charge >= 0.3 is 5.97 Å². The van der Waals surface area contributed by atoms with Crippen LogP contribution in [0, 0.1) is 5.41 Å². The Bertz CT molecular complexity index is 747. The van der Waals surface area contributed by atoms with E-state index < -0.39 is 17.8 Å². The fourth-order valence-corrected chi connectivity index (χ4v) is 2.26. The lowest BCUT2D eigenvalue weighted by Crippen LogP contribution is -2.21. The molecule has 0 radical (unpaired) electrons. The van der Waals surface area contributed by atoms with Crippen LogP contribution in [0.2, 0.25) is 5.15 Å². The smallest absolute Gasteiger partial charge is 0.338 e. The van der Waals surface area contributed by atoms with E-state index in [0.29, 0.717) is 18.7 Å². The molecule has 1 fully saturated rings. The van der Waals surface area contributed by atoms with Crippen LogP contribution in [0.5, 0.6) is 5.88 Å². The number of nitrogens with zero attached hydrogens (tertiary/aromatic N) is 3. The van der Waals surface area contributed by atoms with Crippen LogP contribution in [-0.4, -0.2) is 38.9 Å². The minimum absolute atomic E-state index is 0.0895. The van der Waals surface area contributed by atoms with E-state index >= 15 is 0 Å². The van der Waals surface area contributed by atoms with Gasteiger partial charge in [-0.3, -0.25) is 0 Å². The van der Waals surface area contributed by atoms with Crippen molar-refractivity contribution in [1.82, 2.24) is 14.8 Å². The van der Waals surface area contributed by atoms with Crippen LogP contribution in [0.1, 0.15) is 23.2 Å². The monoisotopic (exact) mass is 343 g/mol. The Morgan fingerprint density at radius 2 is 2.17 bits per heavy atom. The summed E-state index contributed by atoms with van der Waals surface area (Å²) < 4.78 is 32.3. The first kappa shape index (κ1) is 15.7. The predicted molar refractivity (Wildman–Crippen MR) is 76.5 cm³/mol. The second-order valence-electron chi connectivity index (χ2n) is 5.36. The molecule has 2 heterocycles. The lowest BCUT2D eigenvalue weighted by molar-refractivity contribution is 0.0304. The number of hydrogen-bond acceptors (Lipinski definition) is 4. The molecule has 1 N–H and O–H groups in total. The van der Waals surface area contributed by atoms with Gasteiger partial charge in [0.1, 0.15) is 11.8 Å². The second-order valence-corrected chi connectivity index (χ2v) is 5.72. The molecule has 122 valence electrons. The Kier molecular flexibility index (Phi) is 3.93. The molecule has 0 spiro atoms. The van der Waals surface area contributed by atoms with Gasteiger partial charge < -0.3 is 9.84 Å². The molecule has 23 heavy (non-hydrogen) atoms. The van der Waals surface area contributed by atoms with Crippen LogP contribution in [0.3, 0.4) is 0 Å². The molecule has 0 saturated heterocycles. The molecule has 0 unspecified atom stereocenters. The summed E-state index contributed by atoms with van der Waals surface area (Å²) in [7, 11) is 0. The fraction of sp³-hybridized carbons (Fsp3) is 0.357. The number of alkyl halides is 2. The zero-order chi connectivity index (χ0) is 16.6. The molecule has 6 nitrogen and oxygen atoms in total. The summed E-state index contributed by atoms with van der Waals surface area (Å²) in [5.41, 5.74) is -1.17. The molecular weight excluding hydrogens is 332 g/mol. The van der Waals surface area contributed by atoms with Crippen molar-refractivity contribution >= 4 is 17.6 Å². The maximum absolute atomic E-state index is 12.8. The minimum atomic E-state index is -2.41. The van der Waals surface area contributed by atoms with Crippen LogP contribution in [0.4, 0.5) is 8.78 Å². The molecule has 0 atom stereocenters. The van der Waals surface area contributed by atoms with Crippen LogP contribution in [0.15, 0.2) is 24.4 Å². The number of carboxylic acids is 1. The number of pyridine rings is 1. The van der Waals surface area contributed by atoms with Gasteiger partial charge in [-0.15, -0.1) is 5.10 Å². The lowest BCUT2D eigenvalue weighted by atomic mass is 10.1. The van der Waals surface area contributed by atoms with E-state index in [4.69, 9.17) is 21.4 Å². The van der Waals surface area contributed by atoms with Crippen LogP contribution < -0.4 is 4.74 Å². The molecule has 2 aromatic heterocycles. The van der Waals surface area contributed by atoms with Gasteiger partial charge in [-0.05, 0) is 25.0 Å². The van der Waals surface area contributed by atoms with Crippen molar-refractivity contribution in [3.05, 3.63) is 35.1 Å². The summed E-state index contributed by atoms with van der Waals surface area (Å²) in [6, 6.07) is 4.26. The molecule has 2 aromatic rings. The normalized spacial score (nSPS) is 15.7. The Morgan fingerprint density at radius 3 is 2.74 bits per heavy atom. The van der Waals surface area contributed by atoms with Gasteiger partial charge in [0.25, 0.3) is 0 Å². The molecule has 1 aliphatic carbocycles. The Labute approximate surface area is 134 Å². The molecule has 1 aliphatic rings. The van der Waals surface area contributed by atoms with Crippen molar-refractivity contribution in [1.29, 1.82) is 0 Å². The average Bonchev–Trinajstić information content (AvgIpc) is 3.15. The largest absolute Gasteiger partial charge is 0.478 e. The maximum Gasteiger partial charge on any atom is 0.338 e. The standard InChI is InChI=1S/C14H12ClF2N3O3/c15-11-8(12(21)22)1-2-9(18-11)20-6-3-10(19-20)23-7-14(4-5-14)13(16)17/h1-3,6,13H,4-5,7H2,(H,21,22). The quantitative estimate of drug-likeness (QED) is 0.816. The highest BCUT2D eigenvalue weighted by Gasteiger charge is 2.52. The van der Waals surface area contributed by atoms with E-state index in [1.54, 1.807) is 0 Å². The molecule has 1 saturated carbocycles. The summed E-state index contributed by atoms with van der Waals surface area (Å²) in [6.07, 6.45) is 0.00279. The summed E-state index contributed by atoms with van der Waals surface area (Å²) in [4.78, 5) is 14.8. The highest BCUT2D eigenvalue weighted by Crippen LogP contribution is 2.50. The highest BCUT2D eigenvalue weighted by atomic mass is 35.5. The lowest BCUT2D eigenvalue weighted by Gasteiger charge is -2.13. The van der Waals surface area contributed by atoms with Crippen molar-refractivity contribution in [2.45, 2.75) is 19.3 Å². The third-order valence-corrected chi connectivity index (χ3v) is 4.01. The summed E-state index contributed by atoms with van der Waals surface area (Å²) in [6.45, 7) is -0.0895. The molecule has 3 rings (SSSR count). The van der Waals surface area contributed by atoms with Gasteiger partial charge in [-0.1, -0.05) is 11.6 Å². The second kappa shape index (κ2) is 5.77.